The number of aliphatic hydroxyl groups excluding tert-OH is 2. The lowest BCUT2D eigenvalue weighted by molar-refractivity contribution is -0.218. The molecule has 284 valence electrons. The highest BCUT2D eigenvalue weighted by Gasteiger charge is 2.77. The molecule has 1 spiro atoms. The largest absolute Gasteiger partial charge is 0.499 e. The Balaban J connectivity index is 1.17. The Morgan fingerprint density at radius 1 is 0.981 bits per heavy atom. The number of carbonyl (C=O) groups excluding carboxylic acids is 3. The van der Waals surface area contributed by atoms with E-state index in [9.17, 15) is 14.7 Å². The number of aliphatic hydroxyl groups is 2. The SMILES string of the molecule is CN(C(=O)[C@@]12C[C@H]3OC(=O)[C@@H]1N(Cc1ccccc1C=COCCO)O[C@@H]2[C@H]1OC2(Cc4ccccc4C2)O[C@H]13)[C@H](Cc1ccccc1)C(=O)NCCO. The van der Waals surface area contributed by atoms with Crippen LogP contribution < -0.4 is 5.32 Å². The number of nitrogens with one attached hydrogen (secondary N) is 1. The summed E-state index contributed by atoms with van der Waals surface area (Å²) in [6.07, 6.45) is 1.37. The molecule has 8 rings (SSSR count). The first-order valence-corrected chi connectivity index (χ1v) is 18.5. The quantitative estimate of drug-likeness (QED) is 0.134. The monoisotopic (exact) mass is 739 g/mol. The van der Waals surface area contributed by atoms with E-state index >= 15 is 4.79 Å². The van der Waals surface area contributed by atoms with Crippen LogP contribution in [0.25, 0.3) is 6.08 Å². The fraction of sp³-hybridized carbons (Fsp3) is 0.439. The van der Waals surface area contributed by atoms with Crippen LogP contribution in [0.15, 0.2) is 85.1 Å². The molecule has 1 saturated carbocycles. The Hall–Kier alpha value is -4.63. The van der Waals surface area contributed by atoms with E-state index in [0.717, 1.165) is 27.8 Å². The van der Waals surface area contributed by atoms with Gasteiger partial charge in [0.2, 0.25) is 11.8 Å². The van der Waals surface area contributed by atoms with E-state index in [2.05, 4.69) is 17.4 Å². The molecule has 2 aliphatic carbocycles. The molecule has 3 aromatic rings. The molecule has 0 aromatic heterocycles. The summed E-state index contributed by atoms with van der Waals surface area (Å²) in [6, 6.07) is 22.9. The molecule has 0 unspecified atom stereocenters. The lowest BCUT2D eigenvalue weighted by Crippen LogP contribution is -2.70. The van der Waals surface area contributed by atoms with Gasteiger partial charge in [0.1, 0.15) is 42.5 Å². The second-order valence-electron chi connectivity index (χ2n) is 14.7. The number of hydrogen-bond acceptors (Lipinski definition) is 11. The van der Waals surface area contributed by atoms with Gasteiger partial charge in [-0.25, -0.2) is 0 Å². The highest BCUT2D eigenvalue weighted by atomic mass is 16.8. The van der Waals surface area contributed by atoms with Crippen LogP contribution in [-0.4, -0.2) is 114 Å². The van der Waals surface area contributed by atoms with E-state index in [4.69, 9.17) is 28.9 Å². The zero-order chi connectivity index (χ0) is 37.5. The van der Waals surface area contributed by atoms with Gasteiger partial charge in [0.15, 0.2) is 11.8 Å². The van der Waals surface area contributed by atoms with Crippen molar-refractivity contribution in [1.82, 2.24) is 15.3 Å². The number of nitrogens with zero attached hydrogens (tertiary/aromatic N) is 2. The summed E-state index contributed by atoms with van der Waals surface area (Å²) < 4.78 is 25.2. The topological polar surface area (TPSA) is 156 Å². The maximum atomic E-state index is 15.4. The number of carbonyl (C=O) groups is 3. The molecule has 3 N–H and O–H groups in total. The van der Waals surface area contributed by atoms with Gasteiger partial charge in [-0.15, -0.1) is 0 Å². The molecule has 3 aliphatic heterocycles. The summed E-state index contributed by atoms with van der Waals surface area (Å²) in [5.41, 5.74) is 3.14. The zero-order valence-corrected chi connectivity index (χ0v) is 30.0. The van der Waals surface area contributed by atoms with Crippen LogP contribution in [0.3, 0.4) is 0 Å². The van der Waals surface area contributed by atoms with E-state index < -0.39 is 65.5 Å². The number of likely N-dealkylation sites (N-methyl/N-ethyl adjacent to an activating group) is 1. The molecule has 2 bridgehead atoms. The summed E-state index contributed by atoms with van der Waals surface area (Å²) in [6.45, 7) is -0.113. The summed E-state index contributed by atoms with van der Waals surface area (Å²) in [4.78, 5) is 51.8. The normalized spacial score (nSPS) is 28.1. The molecular formula is C41H45N3O10. The van der Waals surface area contributed by atoms with Gasteiger partial charge in [0.25, 0.3) is 0 Å². The van der Waals surface area contributed by atoms with E-state index in [1.165, 1.54) is 16.2 Å². The fourth-order valence-electron chi connectivity index (χ4n) is 9.00. The fourth-order valence-corrected chi connectivity index (χ4v) is 9.00. The van der Waals surface area contributed by atoms with E-state index in [1.54, 1.807) is 13.1 Å². The predicted molar refractivity (Wildman–Crippen MR) is 193 cm³/mol. The van der Waals surface area contributed by atoms with Gasteiger partial charge in [-0.1, -0.05) is 78.9 Å². The summed E-state index contributed by atoms with van der Waals surface area (Å²) in [5.74, 6) is -2.50. The number of benzene rings is 3. The number of amides is 2. The average Bonchev–Trinajstić information content (AvgIpc) is 3.86. The van der Waals surface area contributed by atoms with Crippen molar-refractivity contribution in [3.05, 3.63) is 113 Å². The second-order valence-corrected chi connectivity index (χ2v) is 14.7. The van der Waals surface area contributed by atoms with E-state index in [1.807, 2.05) is 66.7 Å². The predicted octanol–water partition coefficient (Wildman–Crippen LogP) is 1.92. The summed E-state index contributed by atoms with van der Waals surface area (Å²) in [5, 5.41) is 23.0. The Labute approximate surface area is 313 Å². The van der Waals surface area contributed by atoms with Crippen LogP contribution in [0.1, 0.15) is 34.2 Å². The molecule has 2 amide bonds. The highest BCUT2D eigenvalue weighted by molar-refractivity contribution is 5.96. The third-order valence-corrected chi connectivity index (χ3v) is 11.4. The van der Waals surface area contributed by atoms with Gasteiger partial charge in [-0.2, -0.15) is 5.06 Å². The molecule has 3 aromatic carbocycles. The minimum atomic E-state index is -1.50. The van der Waals surface area contributed by atoms with Crippen LogP contribution in [0, 0.1) is 5.41 Å². The maximum Gasteiger partial charge on any atom is 0.327 e. The van der Waals surface area contributed by atoms with Crippen molar-refractivity contribution >= 4 is 23.9 Å². The molecule has 3 heterocycles. The van der Waals surface area contributed by atoms with Crippen LogP contribution in [-0.2, 0) is 64.0 Å². The first-order chi connectivity index (χ1) is 26.3. The van der Waals surface area contributed by atoms with Gasteiger partial charge in [-0.05, 0) is 33.9 Å². The molecule has 13 heteroatoms. The molecule has 5 aliphatic rings. The number of ether oxygens (including phenoxy) is 4. The van der Waals surface area contributed by atoms with Crippen LogP contribution in [0.2, 0.25) is 0 Å². The lowest BCUT2D eigenvalue weighted by Gasteiger charge is -2.50. The number of hydroxylamine groups is 2. The van der Waals surface area contributed by atoms with Crippen molar-refractivity contribution in [3.8, 4) is 0 Å². The first-order valence-electron chi connectivity index (χ1n) is 18.5. The van der Waals surface area contributed by atoms with Crippen LogP contribution in [0.5, 0.6) is 0 Å². The van der Waals surface area contributed by atoms with Crippen molar-refractivity contribution in [2.75, 3.05) is 33.4 Å². The van der Waals surface area contributed by atoms with E-state index in [-0.39, 0.29) is 45.8 Å². The Morgan fingerprint density at radius 3 is 2.43 bits per heavy atom. The molecule has 7 atom stereocenters. The third-order valence-electron chi connectivity index (χ3n) is 11.4. The van der Waals surface area contributed by atoms with Crippen LogP contribution in [0.4, 0.5) is 0 Å². The molecule has 54 heavy (non-hydrogen) atoms. The van der Waals surface area contributed by atoms with Gasteiger partial charge in [0, 0.05) is 39.3 Å². The molecule has 0 radical (unpaired) electrons. The first kappa shape index (κ1) is 36.4. The Kier molecular flexibility index (Phi) is 10.0. The van der Waals surface area contributed by atoms with Gasteiger partial charge < -0.3 is 39.4 Å². The second kappa shape index (κ2) is 14.9. The number of esters is 1. The molecule has 13 nitrogen and oxygen atoms in total. The molecule has 4 fully saturated rings. The molecular weight excluding hydrogens is 694 g/mol. The van der Waals surface area contributed by atoms with Crippen molar-refractivity contribution in [2.24, 2.45) is 5.41 Å². The lowest BCUT2D eigenvalue weighted by atomic mass is 9.62. The number of fused-ring (bicyclic) bond motifs is 5. The van der Waals surface area contributed by atoms with Crippen molar-refractivity contribution in [2.45, 2.75) is 74.5 Å². The minimum absolute atomic E-state index is 0.0200. The zero-order valence-electron chi connectivity index (χ0n) is 30.0. The van der Waals surface area contributed by atoms with Gasteiger partial charge in [0.05, 0.1) is 26.0 Å². The van der Waals surface area contributed by atoms with Crippen molar-refractivity contribution < 1.29 is 48.4 Å². The highest BCUT2D eigenvalue weighted by Crippen LogP contribution is 2.59. The summed E-state index contributed by atoms with van der Waals surface area (Å²) >= 11 is 0. The smallest absolute Gasteiger partial charge is 0.327 e. The summed E-state index contributed by atoms with van der Waals surface area (Å²) in [7, 11) is 1.58. The standard InChI is InChI=1S/C41H45N3O10/c1-43(31(37(47)42-16-17-45)21-26-9-3-2-4-10-26)39(49)41-24-32-33-34(53-40(52-33)22-28-12-6-7-13-29(28)23-40)36(41)54-44(35(41)38(48)51-32)25-30-14-8-5-11-27(30)15-19-50-20-18-46/h2-15,19,31-36,45-46H,16-18,20-25H2,1H3,(H,42,47)/t31-,32-,33+,34+,35+,36-,41+/m1/s1. The maximum absolute atomic E-state index is 15.4. The Bertz CT molecular complexity index is 1880. The van der Waals surface area contributed by atoms with Crippen LogP contribution >= 0.6 is 0 Å². The van der Waals surface area contributed by atoms with Gasteiger partial charge >= 0.3 is 5.97 Å². The molecule has 3 saturated heterocycles. The van der Waals surface area contributed by atoms with E-state index in [0.29, 0.717) is 12.8 Å². The Morgan fingerprint density at radius 2 is 1.69 bits per heavy atom. The van der Waals surface area contributed by atoms with Crippen molar-refractivity contribution in [1.29, 1.82) is 0 Å². The van der Waals surface area contributed by atoms with Crippen molar-refractivity contribution in [3.63, 3.8) is 0 Å². The number of rotatable bonds is 13. The minimum Gasteiger partial charge on any atom is -0.499 e. The van der Waals surface area contributed by atoms with Gasteiger partial charge in [-0.3, -0.25) is 19.2 Å². The number of hydrogen-bond donors (Lipinski definition) is 3. The third kappa shape index (κ3) is 6.38. The average molecular weight is 740 g/mol.